The molecule has 0 N–H and O–H groups in total. The van der Waals surface area contributed by atoms with Crippen LogP contribution in [-0.2, 0) is 0 Å². The summed E-state index contributed by atoms with van der Waals surface area (Å²) in [6, 6.07) is 0. The first-order valence-corrected chi connectivity index (χ1v) is 5.05. The zero-order valence-corrected chi connectivity index (χ0v) is 8.48. The highest BCUT2D eigenvalue weighted by Crippen LogP contribution is 2.46. The third-order valence-electron chi connectivity index (χ3n) is 3.02. The van der Waals surface area contributed by atoms with Crippen molar-refractivity contribution < 1.29 is 0 Å². The maximum absolute atomic E-state index is 2.42. The van der Waals surface area contributed by atoms with Crippen LogP contribution in [0.5, 0.6) is 0 Å². The Morgan fingerprint density at radius 3 is 2.27 bits per heavy atom. The van der Waals surface area contributed by atoms with E-state index in [2.05, 4.69) is 27.7 Å². The normalized spacial score (nSPS) is 30.5. The second-order valence-corrected chi connectivity index (χ2v) is 5.09. The molecule has 1 fully saturated rings. The Labute approximate surface area is 71.4 Å². The summed E-state index contributed by atoms with van der Waals surface area (Å²) in [5.74, 6) is 2.10. The zero-order chi connectivity index (χ0) is 8.48. The third kappa shape index (κ3) is 2.84. The summed E-state index contributed by atoms with van der Waals surface area (Å²) in [4.78, 5) is 0. The van der Waals surface area contributed by atoms with Gasteiger partial charge in [-0.25, -0.2) is 0 Å². The van der Waals surface area contributed by atoms with Crippen molar-refractivity contribution in [3.63, 3.8) is 0 Å². The Morgan fingerprint density at radius 2 is 1.91 bits per heavy atom. The van der Waals surface area contributed by atoms with Crippen molar-refractivity contribution in [2.75, 3.05) is 0 Å². The first-order chi connectivity index (χ1) is 5.05. The molecule has 1 aliphatic carbocycles. The van der Waals surface area contributed by atoms with Crippen molar-refractivity contribution in [2.24, 2.45) is 17.3 Å². The topological polar surface area (TPSA) is 0 Å². The summed E-state index contributed by atoms with van der Waals surface area (Å²) >= 11 is 0. The number of hydrogen-bond donors (Lipinski definition) is 0. The minimum atomic E-state index is 0.615. The molecule has 0 saturated heterocycles. The molecule has 0 nitrogen and oxygen atoms in total. The molecule has 2 atom stereocenters. The van der Waals surface area contributed by atoms with Gasteiger partial charge in [-0.3, -0.25) is 0 Å². The minimum absolute atomic E-state index is 0.615. The lowest BCUT2D eigenvalue weighted by Gasteiger charge is -2.23. The molecule has 11 heavy (non-hydrogen) atoms. The molecule has 0 aromatic heterocycles. The van der Waals surface area contributed by atoms with Gasteiger partial charge in [0.2, 0.25) is 0 Å². The zero-order valence-electron chi connectivity index (χ0n) is 8.48. The smallest absolute Gasteiger partial charge is 0.0352 e. The van der Waals surface area contributed by atoms with E-state index in [1.165, 1.54) is 25.7 Å². The summed E-state index contributed by atoms with van der Waals surface area (Å²) in [7, 11) is 0. The van der Waals surface area contributed by atoms with Crippen molar-refractivity contribution in [2.45, 2.75) is 53.4 Å². The molecule has 0 heterocycles. The van der Waals surface area contributed by atoms with Crippen molar-refractivity contribution in [3.8, 4) is 0 Å². The van der Waals surface area contributed by atoms with Crippen LogP contribution in [0, 0.1) is 17.3 Å². The molecule has 1 aliphatic rings. The lowest BCUT2D eigenvalue weighted by molar-refractivity contribution is 0.282. The maximum atomic E-state index is 2.42. The summed E-state index contributed by atoms with van der Waals surface area (Å²) < 4.78 is 0. The summed E-state index contributed by atoms with van der Waals surface area (Å²) in [6.45, 7) is 9.51. The van der Waals surface area contributed by atoms with Gasteiger partial charge in [0.1, 0.15) is 0 Å². The Balaban J connectivity index is 2.22. The van der Waals surface area contributed by atoms with Gasteiger partial charge >= 0.3 is 0 Å². The molecular formula is C11H22. The van der Waals surface area contributed by atoms with Gasteiger partial charge in [-0.15, -0.1) is 0 Å². The van der Waals surface area contributed by atoms with Crippen LogP contribution in [0.15, 0.2) is 0 Å². The Morgan fingerprint density at radius 1 is 1.36 bits per heavy atom. The Hall–Kier alpha value is 0. The van der Waals surface area contributed by atoms with Crippen LogP contribution >= 0.6 is 0 Å². The molecule has 2 unspecified atom stereocenters. The van der Waals surface area contributed by atoms with Gasteiger partial charge in [-0.2, -0.15) is 0 Å². The van der Waals surface area contributed by atoms with Crippen LogP contribution in [-0.4, -0.2) is 0 Å². The van der Waals surface area contributed by atoms with Crippen molar-refractivity contribution >= 4 is 0 Å². The largest absolute Gasteiger partial charge is 0.0654 e. The van der Waals surface area contributed by atoms with E-state index in [1.807, 2.05) is 0 Å². The molecule has 1 saturated carbocycles. The SMILES string of the molecule is CCCC(C)(C)CC1CC1C. The summed E-state index contributed by atoms with van der Waals surface area (Å²) in [5.41, 5.74) is 0.615. The van der Waals surface area contributed by atoms with E-state index in [9.17, 15) is 0 Å². The van der Waals surface area contributed by atoms with Gasteiger partial charge in [-0.05, 0) is 36.5 Å². The summed E-state index contributed by atoms with van der Waals surface area (Å²) in [5, 5.41) is 0. The second-order valence-electron chi connectivity index (χ2n) is 5.09. The third-order valence-corrected chi connectivity index (χ3v) is 3.02. The van der Waals surface area contributed by atoms with Gasteiger partial charge in [0.05, 0.1) is 0 Å². The predicted molar refractivity (Wildman–Crippen MR) is 50.6 cm³/mol. The second kappa shape index (κ2) is 3.16. The molecule has 0 aliphatic heterocycles. The van der Waals surface area contributed by atoms with Gasteiger partial charge in [0.15, 0.2) is 0 Å². The van der Waals surface area contributed by atoms with Crippen LogP contribution in [0.3, 0.4) is 0 Å². The van der Waals surface area contributed by atoms with Crippen molar-refractivity contribution in [3.05, 3.63) is 0 Å². The summed E-state index contributed by atoms with van der Waals surface area (Å²) in [6.07, 6.45) is 5.69. The molecule has 0 radical (unpaired) electrons. The van der Waals surface area contributed by atoms with E-state index in [0.717, 1.165) is 11.8 Å². The fourth-order valence-electron chi connectivity index (χ4n) is 2.17. The van der Waals surface area contributed by atoms with Crippen LogP contribution in [0.1, 0.15) is 53.4 Å². The van der Waals surface area contributed by atoms with E-state index in [4.69, 9.17) is 0 Å². The van der Waals surface area contributed by atoms with Gasteiger partial charge in [-0.1, -0.05) is 34.1 Å². The van der Waals surface area contributed by atoms with Crippen LogP contribution in [0.4, 0.5) is 0 Å². The highest BCUT2D eigenvalue weighted by Gasteiger charge is 2.36. The average Bonchev–Trinajstić information content (AvgIpc) is 2.44. The van der Waals surface area contributed by atoms with Crippen LogP contribution in [0.2, 0.25) is 0 Å². The van der Waals surface area contributed by atoms with E-state index < -0.39 is 0 Å². The molecule has 0 heteroatoms. The lowest BCUT2D eigenvalue weighted by atomic mass is 9.82. The van der Waals surface area contributed by atoms with E-state index >= 15 is 0 Å². The van der Waals surface area contributed by atoms with Crippen molar-refractivity contribution in [1.29, 1.82) is 0 Å². The molecule has 0 aromatic carbocycles. The predicted octanol–water partition coefficient (Wildman–Crippen LogP) is 3.86. The highest BCUT2D eigenvalue weighted by molar-refractivity contribution is 4.87. The molecule has 66 valence electrons. The average molecular weight is 154 g/mol. The fourth-order valence-corrected chi connectivity index (χ4v) is 2.17. The highest BCUT2D eigenvalue weighted by atomic mass is 14.4. The van der Waals surface area contributed by atoms with Gasteiger partial charge in [0.25, 0.3) is 0 Å². The van der Waals surface area contributed by atoms with Crippen LogP contribution in [0.25, 0.3) is 0 Å². The van der Waals surface area contributed by atoms with Gasteiger partial charge < -0.3 is 0 Å². The first kappa shape index (κ1) is 9.09. The Kier molecular flexibility index (Phi) is 2.61. The van der Waals surface area contributed by atoms with Crippen molar-refractivity contribution in [1.82, 2.24) is 0 Å². The number of rotatable bonds is 4. The minimum Gasteiger partial charge on any atom is -0.0654 e. The standard InChI is InChI=1S/C11H22/c1-5-6-11(3,4)8-10-7-9(10)2/h9-10H,5-8H2,1-4H3. The first-order valence-electron chi connectivity index (χ1n) is 5.05. The lowest BCUT2D eigenvalue weighted by Crippen LogP contribution is -2.11. The monoisotopic (exact) mass is 154 g/mol. The molecule has 1 rings (SSSR count). The molecular weight excluding hydrogens is 132 g/mol. The Bertz CT molecular complexity index is 124. The fraction of sp³-hybridized carbons (Fsp3) is 1.00. The molecule has 0 bridgehead atoms. The van der Waals surface area contributed by atoms with E-state index in [-0.39, 0.29) is 0 Å². The number of hydrogen-bond acceptors (Lipinski definition) is 0. The molecule has 0 amide bonds. The van der Waals surface area contributed by atoms with E-state index in [0.29, 0.717) is 5.41 Å². The molecule has 0 aromatic rings. The van der Waals surface area contributed by atoms with Gasteiger partial charge in [0, 0.05) is 0 Å². The molecule has 0 spiro atoms. The maximum Gasteiger partial charge on any atom is -0.0352 e. The quantitative estimate of drug-likeness (QED) is 0.577. The van der Waals surface area contributed by atoms with E-state index in [1.54, 1.807) is 0 Å². The van der Waals surface area contributed by atoms with Crippen LogP contribution < -0.4 is 0 Å².